The summed E-state index contributed by atoms with van der Waals surface area (Å²) < 4.78 is 5.39. The Balaban J connectivity index is 1.58. The molecule has 0 bridgehead atoms. The normalized spacial score (nSPS) is 14.9. The molecule has 0 aliphatic carbocycles. The van der Waals surface area contributed by atoms with E-state index in [0.717, 1.165) is 44.3 Å². The Kier molecular flexibility index (Phi) is 6.01. The number of nitrogens with one attached hydrogen (secondary N) is 1. The number of aromatic nitrogens is 2. The molecule has 0 atom stereocenters. The van der Waals surface area contributed by atoms with Crippen LogP contribution in [0.5, 0.6) is 5.75 Å². The van der Waals surface area contributed by atoms with Crippen molar-refractivity contribution < 1.29 is 9.53 Å². The minimum absolute atomic E-state index is 0.274. The first kappa shape index (κ1) is 18.1. The first-order valence-electron chi connectivity index (χ1n) is 9.03. The van der Waals surface area contributed by atoms with Crippen LogP contribution in [-0.2, 0) is 0 Å². The van der Waals surface area contributed by atoms with Gasteiger partial charge in [-0.1, -0.05) is 6.92 Å². The SMILES string of the molecule is CCOc1ccc(NC(=O)c2cnc(N3CCN(CC)CC3)cn2)cc1. The topological polar surface area (TPSA) is 70.6 Å². The molecule has 0 saturated carbocycles. The van der Waals surface area contributed by atoms with Crippen LogP contribution in [0.25, 0.3) is 0 Å². The van der Waals surface area contributed by atoms with Crippen LogP contribution in [-0.4, -0.2) is 60.1 Å². The number of nitrogens with zero attached hydrogens (tertiary/aromatic N) is 4. The molecule has 1 N–H and O–H groups in total. The fourth-order valence-corrected chi connectivity index (χ4v) is 2.89. The van der Waals surface area contributed by atoms with Gasteiger partial charge in [-0.15, -0.1) is 0 Å². The zero-order valence-electron chi connectivity index (χ0n) is 15.3. The summed E-state index contributed by atoms with van der Waals surface area (Å²) in [4.78, 5) is 25.6. The lowest BCUT2D eigenvalue weighted by Crippen LogP contribution is -2.46. The molecule has 1 fully saturated rings. The van der Waals surface area contributed by atoms with E-state index in [-0.39, 0.29) is 5.91 Å². The second-order valence-corrected chi connectivity index (χ2v) is 6.09. The Morgan fingerprint density at radius 2 is 1.81 bits per heavy atom. The van der Waals surface area contributed by atoms with E-state index >= 15 is 0 Å². The highest BCUT2D eigenvalue weighted by Crippen LogP contribution is 2.17. The van der Waals surface area contributed by atoms with Gasteiger partial charge in [0, 0.05) is 31.9 Å². The Morgan fingerprint density at radius 3 is 2.38 bits per heavy atom. The van der Waals surface area contributed by atoms with Crippen molar-refractivity contribution in [1.29, 1.82) is 0 Å². The van der Waals surface area contributed by atoms with Crippen LogP contribution in [0.4, 0.5) is 11.5 Å². The zero-order chi connectivity index (χ0) is 18.4. The minimum atomic E-state index is -0.274. The van der Waals surface area contributed by atoms with E-state index in [1.807, 2.05) is 19.1 Å². The molecule has 1 aromatic heterocycles. The maximum atomic E-state index is 12.3. The van der Waals surface area contributed by atoms with E-state index in [2.05, 4.69) is 32.0 Å². The number of anilines is 2. The van der Waals surface area contributed by atoms with Crippen molar-refractivity contribution in [3.8, 4) is 5.75 Å². The molecule has 3 rings (SSSR count). The van der Waals surface area contributed by atoms with Gasteiger partial charge < -0.3 is 19.9 Å². The van der Waals surface area contributed by atoms with Gasteiger partial charge in [0.25, 0.3) is 5.91 Å². The Bertz CT molecular complexity index is 710. The zero-order valence-corrected chi connectivity index (χ0v) is 15.3. The summed E-state index contributed by atoms with van der Waals surface area (Å²) in [6, 6.07) is 7.25. The molecule has 1 aliphatic heterocycles. The van der Waals surface area contributed by atoms with Crippen molar-refractivity contribution in [1.82, 2.24) is 14.9 Å². The minimum Gasteiger partial charge on any atom is -0.494 e. The summed E-state index contributed by atoms with van der Waals surface area (Å²) in [6.45, 7) is 9.71. The third-order valence-corrected chi connectivity index (χ3v) is 4.44. The van der Waals surface area contributed by atoms with Crippen LogP contribution in [0.1, 0.15) is 24.3 Å². The predicted molar refractivity (Wildman–Crippen MR) is 102 cm³/mol. The summed E-state index contributed by atoms with van der Waals surface area (Å²) in [7, 11) is 0. The smallest absolute Gasteiger partial charge is 0.275 e. The second-order valence-electron chi connectivity index (χ2n) is 6.09. The van der Waals surface area contributed by atoms with Crippen LogP contribution < -0.4 is 15.0 Å². The average molecular weight is 355 g/mol. The van der Waals surface area contributed by atoms with Gasteiger partial charge in [-0.05, 0) is 37.7 Å². The molecule has 1 saturated heterocycles. The highest BCUT2D eigenvalue weighted by Gasteiger charge is 2.17. The molecule has 0 unspecified atom stereocenters. The van der Waals surface area contributed by atoms with Gasteiger partial charge in [0.2, 0.25) is 0 Å². The van der Waals surface area contributed by atoms with Gasteiger partial charge >= 0.3 is 0 Å². The molecule has 26 heavy (non-hydrogen) atoms. The van der Waals surface area contributed by atoms with Crippen LogP contribution in [0, 0.1) is 0 Å². The maximum absolute atomic E-state index is 12.3. The number of rotatable bonds is 6. The molecular weight excluding hydrogens is 330 g/mol. The third kappa shape index (κ3) is 4.49. The number of amides is 1. The van der Waals surface area contributed by atoms with Gasteiger partial charge in [0.15, 0.2) is 0 Å². The second kappa shape index (κ2) is 8.62. The number of hydrogen-bond acceptors (Lipinski definition) is 6. The van der Waals surface area contributed by atoms with E-state index in [4.69, 9.17) is 4.74 Å². The molecule has 2 aromatic rings. The van der Waals surface area contributed by atoms with Gasteiger partial charge in [0.1, 0.15) is 17.3 Å². The van der Waals surface area contributed by atoms with Crippen molar-refractivity contribution >= 4 is 17.4 Å². The van der Waals surface area contributed by atoms with Gasteiger partial charge in [-0.3, -0.25) is 4.79 Å². The number of carbonyl (C=O) groups excluding carboxylic acids is 1. The molecule has 1 amide bonds. The lowest BCUT2D eigenvalue weighted by molar-refractivity contribution is 0.102. The number of piperazine rings is 1. The first-order chi connectivity index (χ1) is 12.7. The fourth-order valence-electron chi connectivity index (χ4n) is 2.89. The Hall–Kier alpha value is -2.67. The van der Waals surface area contributed by atoms with Gasteiger partial charge in [-0.2, -0.15) is 0 Å². The van der Waals surface area contributed by atoms with Gasteiger partial charge in [0.05, 0.1) is 19.0 Å². The molecule has 2 heterocycles. The number of carbonyl (C=O) groups is 1. The predicted octanol–water partition coefficient (Wildman–Crippen LogP) is 2.27. The number of hydrogen-bond donors (Lipinski definition) is 1. The summed E-state index contributed by atoms with van der Waals surface area (Å²) in [6.07, 6.45) is 3.21. The Labute approximate surface area is 154 Å². The maximum Gasteiger partial charge on any atom is 0.275 e. The van der Waals surface area contributed by atoms with E-state index < -0.39 is 0 Å². The van der Waals surface area contributed by atoms with Crippen LogP contribution >= 0.6 is 0 Å². The summed E-state index contributed by atoms with van der Waals surface area (Å²) in [5, 5.41) is 2.82. The van der Waals surface area contributed by atoms with E-state index in [1.165, 1.54) is 6.20 Å². The van der Waals surface area contributed by atoms with Crippen LogP contribution in [0.3, 0.4) is 0 Å². The van der Waals surface area contributed by atoms with Crippen molar-refractivity contribution in [2.75, 3.05) is 49.5 Å². The fraction of sp³-hybridized carbons (Fsp3) is 0.421. The van der Waals surface area contributed by atoms with Crippen molar-refractivity contribution in [3.05, 3.63) is 42.4 Å². The number of ether oxygens (including phenoxy) is 1. The molecule has 0 radical (unpaired) electrons. The molecule has 1 aromatic carbocycles. The molecule has 7 nitrogen and oxygen atoms in total. The average Bonchev–Trinajstić information content (AvgIpc) is 2.70. The molecule has 1 aliphatic rings. The number of likely N-dealkylation sites (N-methyl/N-ethyl adjacent to an activating group) is 1. The largest absolute Gasteiger partial charge is 0.494 e. The highest BCUT2D eigenvalue weighted by atomic mass is 16.5. The first-order valence-corrected chi connectivity index (χ1v) is 9.03. The molecule has 0 spiro atoms. The third-order valence-electron chi connectivity index (χ3n) is 4.44. The van der Waals surface area contributed by atoms with Gasteiger partial charge in [-0.25, -0.2) is 9.97 Å². The van der Waals surface area contributed by atoms with Crippen LogP contribution in [0.2, 0.25) is 0 Å². The number of benzene rings is 1. The van der Waals surface area contributed by atoms with Crippen molar-refractivity contribution in [2.45, 2.75) is 13.8 Å². The van der Waals surface area contributed by atoms with E-state index in [1.54, 1.807) is 18.3 Å². The van der Waals surface area contributed by atoms with Crippen molar-refractivity contribution in [3.63, 3.8) is 0 Å². The summed E-state index contributed by atoms with van der Waals surface area (Å²) in [5.41, 5.74) is 0.995. The van der Waals surface area contributed by atoms with Crippen LogP contribution in [0.15, 0.2) is 36.7 Å². The quantitative estimate of drug-likeness (QED) is 0.857. The van der Waals surface area contributed by atoms with Crippen molar-refractivity contribution in [2.24, 2.45) is 0 Å². The van der Waals surface area contributed by atoms with E-state index in [0.29, 0.717) is 18.0 Å². The molecule has 138 valence electrons. The van der Waals surface area contributed by atoms with E-state index in [9.17, 15) is 4.79 Å². The monoisotopic (exact) mass is 355 g/mol. The summed E-state index contributed by atoms with van der Waals surface area (Å²) >= 11 is 0. The summed E-state index contributed by atoms with van der Waals surface area (Å²) in [5.74, 6) is 1.32. The lowest BCUT2D eigenvalue weighted by atomic mass is 10.3. The highest BCUT2D eigenvalue weighted by molar-refractivity contribution is 6.02. The standard InChI is InChI=1S/C19H25N5O2/c1-3-23-9-11-24(12-10-23)18-14-20-17(13-21-18)19(25)22-15-5-7-16(8-6-15)26-4-2/h5-8,13-14H,3-4,9-12H2,1-2H3,(H,22,25). The molecule has 7 heteroatoms. The Morgan fingerprint density at radius 1 is 1.08 bits per heavy atom. The molecular formula is C19H25N5O2. The lowest BCUT2D eigenvalue weighted by Gasteiger charge is -2.34.